The van der Waals surface area contributed by atoms with Gasteiger partial charge in [0.15, 0.2) is 5.75 Å². The van der Waals surface area contributed by atoms with Gasteiger partial charge in [-0.2, -0.15) is 28.5 Å². The van der Waals surface area contributed by atoms with Gasteiger partial charge in [-0.05, 0) is 18.2 Å². The first-order valence-corrected chi connectivity index (χ1v) is 6.09. The molecule has 0 radical (unpaired) electrons. The highest BCUT2D eigenvalue weighted by molar-refractivity contribution is 5.61. The van der Waals surface area contributed by atoms with Gasteiger partial charge in [-0.25, -0.2) is 0 Å². The van der Waals surface area contributed by atoms with Gasteiger partial charge in [0.2, 0.25) is 5.82 Å². The molecule has 0 aliphatic heterocycles. The van der Waals surface area contributed by atoms with Gasteiger partial charge in [0.25, 0.3) is 0 Å². The normalized spacial score (nSPS) is 11.2. The van der Waals surface area contributed by atoms with Crippen molar-refractivity contribution >= 4 is 0 Å². The molecule has 0 atom stereocenters. The Balaban J connectivity index is 1.99. The minimum atomic E-state index is -4.74. The lowest BCUT2D eigenvalue weighted by atomic mass is 10.1. The summed E-state index contributed by atoms with van der Waals surface area (Å²) in [5.41, 5.74) is 0.321. The molecular weight excluding hydrogens is 315 g/mol. The number of aromatic amines is 1. The average molecular weight is 321 g/mol. The summed E-state index contributed by atoms with van der Waals surface area (Å²) in [7, 11) is 0. The Hall–Kier alpha value is -3.35. The van der Waals surface area contributed by atoms with Crippen LogP contribution in [0.2, 0.25) is 0 Å². The zero-order chi connectivity index (χ0) is 16.4. The zero-order valence-electron chi connectivity index (χ0n) is 11.1. The number of aromatic nitrogens is 4. The van der Waals surface area contributed by atoms with E-state index >= 15 is 0 Å². The van der Waals surface area contributed by atoms with Crippen molar-refractivity contribution in [2.45, 2.75) is 6.18 Å². The van der Waals surface area contributed by atoms with Gasteiger partial charge in [-0.3, -0.25) is 5.10 Å². The van der Waals surface area contributed by atoms with Crippen molar-refractivity contribution in [2.75, 3.05) is 0 Å². The number of halogens is 3. The van der Waals surface area contributed by atoms with E-state index in [9.17, 15) is 13.2 Å². The van der Waals surface area contributed by atoms with Gasteiger partial charge in [-0.1, -0.05) is 5.16 Å². The summed E-state index contributed by atoms with van der Waals surface area (Å²) in [6.45, 7) is 0. The van der Waals surface area contributed by atoms with Crippen molar-refractivity contribution in [3.05, 3.63) is 42.0 Å². The number of alkyl halides is 3. The molecule has 10 heteroatoms. The maximum absolute atomic E-state index is 12.5. The highest BCUT2D eigenvalue weighted by Gasteiger charge is 2.38. The Kier molecular flexibility index (Phi) is 3.46. The molecule has 1 N–H and O–H groups in total. The molecule has 7 nitrogen and oxygen atoms in total. The van der Waals surface area contributed by atoms with E-state index in [4.69, 9.17) is 10.00 Å². The molecule has 3 rings (SSSR count). The van der Waals surface area contributed by atoms with E-state index in [1.807, 2.05) is 6.07 Å². The Bertz CT molecular complexity index is 865. The predicted molar refractivity (Wildman–Crippen MR) is 68.1 cm³/mol. The monoisotopic (exact) mass is 321 g/mol. The first-order chi connectivity index (χ1) is 11.0. The van der Waals surface area contributed by atoms with E-state index in [0.717, 1.165) is 0 Å². The lowest BCUT2D eigenvalue weighted by Gasteiger charge is -2.05. The Morgan fingerprint density at radius 1 is 1.22 bits per heavy atom. The second kappa shape index (κ2) is 5.45. The minimum absolute atomic E-state index is 0.154. The number of H-pyrrole nitrogens is 1. The van der Waals surface area contributed by atoms with Crippen LogP contribution in [-0.4, -0.2) is 20.3 Å². The molecule has 0 unspecified atom stereocenters. The molecule has 0 saturated heterocycles. The molecular formula is C13H6F3N5O2. The lowest BCUT2D eigenvalue weighted by molar-refractivity contribution is -0.159. The highest BCUT2D eigenvalue weighted by atomic mass is 19.4. The van der Waals surface area contributed by atoms with Gasteiger partial charge in [0.1, 0.15) is 5.75 Å². The van der Waals surface area contributed by atoms with Crippen LogP contribution in [0.25, 0.3) is 11.4 Å². The van der Waals surface area contributed by atoms with Gasteiger partial charge in [0.05, 0.1) is 24.0 Å². The second-order valence-corrected chi connectivity index (χ2v) is 4.31. The molecule has 1 aromatic carbocycles. The Morgan fingerprint density at radius 3 is 2.65 bits per heavy atom. The van der Waals surface area contributed by atoms with Gasteiger partial charge < -0.3 is 9.26 Å². The maximum atomic E-state index is 12.5. The number of ether oxygens (including phenoxy) is 1. The van der Waals surface area contributed by atoms with Crippen molar-refractivity contribution < 1.29 is 22.4 Å². The zero-order valence-corrected chi connectivity index (χ0v) is 11.1. The van der Waals surface area contributed by atoms with Crippen molar-refractivity contribution in [1.82, 2.24) is 20.3 Å². The van der Waals surface area contributed by atoms with E-state index in [-0.39, 0.29) is 22.7 Å². The Morgan fingerprint density at radius 2 is 2.04 bits per heavy atom. The summed E-state index contributed by atoms with van der Waals surface area (Å²) in [5.74, 6) is -1.17. The molecule has 2 aromatic heterocycles. The van der Waals surface area contributed by atoms with Crippen molar-refractivity contribution in [2.24, 2.45) is 0 Å². The largest absolute Gasteiger partial charge is 0.471 e. The lowest BCUT2D eigenvalue weighted by Crippen LogP contribution is -2.04. The first-order valence-electron chi connectivity index (χ1n) is 6.09. The molecule has 23 heavy (non-hydrogen) atoms. The fraction of sp³-hybridized carbons (Fsp3) is 0.0769. The number of nitrogens with zero attached hydrogens (tertiary/aromatic N) is 4. The van der Waals surface area contributed by atoms with Gasteiger partial charge >= 0.3 is 12.1 Å². The van der Waals surface area contributed by atoms with Crippen LogP contribution in [0.4, 0.5) is 13.2 Å². The SMILES string of the molecule is N#Cc1cc(Oc2cn[nH]c2)cc(-c2noc(C(F)(F)F)n2)c1. The van der Waals surface area contributed by atoms with Crippen LogP contribution in [0.15, 0.2) is 35.1 Å². The third-order valence-corrected chi connectivity index (χ3v) is 2.67. The molecule has 0 spiro atoms. The van der Waals surface area contributed by atoms with Crippen LogP contribution in [0.3, 0.4) is 0 Å². The van der Waals surface area contributed by atoms with Crippen LogP contribution in [0.5, 0.6) is 11.5 Å². The average Bonchev–Trinajstić information content (AvgIpc) is 3.17. The molecule has 3 aromatic rings. The summed E-state index contributed by atoms with van der Waals surface area (Å²) in [6.07, 6.45) is -1.88. The molecule has 116 valence electrons. The number of nitrogens with one attached hydrogen (secondary N) is 1. The maximum Gasteiger partial charge on any atom is 0.471 e. The van der Waals surface area contributed by atoms with Crippen LogP contribution >= 0.6 is 0 Å². The number of hydrogen-bond acceptors (Lipinski definition) is 6. The Labute approximate surface area is 126 Å². The third-order valence-electron chi connectivity index (χ3n) is 2.67. The summed E-state index contributed by atoms with van der Waals surface area (Å²) in [4.78, 5) is 3.28. The molecule has 0 fully saturated rings. The summed E-state index contributed by atoms with van der Waals surface area (Å²) >= 11 is 0. The number of benzene rings is 1. The number of nitriles is 1. The molecule has 0 aliphatic rings. The van der Waals surface area contributed by atoms with E-state index in [0.29, 0.717) is 5.75 Å². The summed E-state index contributed by atoms with van der Waals surface area (Å²) in [5, 5.41) is 18.5. The van der Waals surface area contributed by atoms with Crippen LogP contribution in [0.1, 0.15) is 11.5 Å². The fourth-order valence-corrected chi connectivity index (χ4v) is 1.74. The van der Waals surface area contributed by atoms with Crippen molar-refractivity contribution in [3.8, 4) is 29.0 Å². The second-order valence-electron chi connectivity index (χ2n) is 4.31. The standard InChI is InChI=1S/C13H6F3N5O2/c14-13(15,16)12-20-11(21-23-12)8-1-7(4-17)2-9(3-8)22-10-5-18-19-6-10/h1-3,5-6H,(H,18,19). The van der Waals surface area contributed by atoms with Gasteiger partial charge in [0, 0.05) is 5.56 Å². The predicted octanol–water partition coefficient (Wildman–Crippen LogP) is 3.14. The van der Waals surface area contributed by atoms with Crippen molar-refractivity contribution in [1.29, 1.82) is 5.26 Å². The minimum Gasteiger partial charge on any atom is -0.454 e. The molecule has 2 heterocycles. The van der Waals surface area contributed by atoms with Crippen LogP contribution < -0.4 is 4.74 Å². The first kappa shape index (κ1) is 14.6. The van der Waals surface area contributed by atoms with Gasteiger partial charge in [-0.15, -0.1) is 0 Å². The topological polar surface area (TPSA) is 101 Å². The number of hydrogen-bond donors (Lipinski definition) is 1. The molecule has 0 amide bonds. The van der Waals surface area contributed by atoms with Crippen LogP contribution in [0, 0.1) is 11.3 Å². The van der Waals surface area contributed by atoms with Crippen LogP contribution in [-0.2, 0) is 6.18 Å². The van der Waals surface area contributed by atoms with Crippen molar-refractivity contribution in [3.63, 3.8) is 0 Å². The number of rotatable bonds is 3. The molecule has 0 bridgehead atoms. The van der Waals surface area contributed by atoms with E-state index < -0.39 is 12.1 Å². The summed E-state index contributed by atoms with van der Waals surface area (Å²) < 4.78 is 47.2. The quantitative estimate of drug-likeness (QED) is 0.795. The summed E-state index contributed by atoms with van der Waals surface area (Å²) in [6, 6.07) is 6.01. The van der Waals surface area contributed by atoms with E-state index in [1.54, 1.807) is 0 Å². The fourth-order valence-electron chi connectivity index (χ4n) is 1.74. The smallest absolute Gasteiger partial charge is 0.454 e. The third kappa shape index (κ3) is 3.13. The highest BCUT2D eigenvalue weighted by Crippen LogP contribution is 2.31. The van der Waals surface area contributed by atoms with E-state index in [2.05, 4.69) is 24.9 Å². The molecule has 0 saturated carbocycles. The molecule has 0 aliphatic carbocycles. The van der Waals surface area contributed by atoms with E-state index in [1.165, 1.54) is 30.6 Å².